The largest absolute Gasteiger partial charge is 0.405 e. The quantitative estimate of drug-likeness (QED) is 0.792. The molecule has 1 rings (SSSR count). The van der Waals surface area contributed by atoms with E-state index in [2.05, 4.69) is 15.6 Å². The molecule has 1 aromatic heterocycles. The Balaban J connectivity index is 2.47. The van der Waals surface area contributed by atoms with Crippen LogP contribution in [-0.4, -0.2) is 30.8 Å². The molecule has 0 bridgehead atoms. The van der Waals surface area contributed by atoms with Crippen LogP contribution in [0.1, 0.15) is 18.7 Å². The molecule has 0 spiro atoms. The minimum Gasteiger partial charge on any atom is -0.329 e. The molecule has 5 nitrogen and oxygen atoms in total. The van der Waals surface area contributed by atoms with E-state index in [-0.39, 0.29) is 11.2 Å². The average Bonchev–Trinajstić information content (AvgIpc) is 2.73. The lowest BCUT2D eigenvalue weighted by molar-refractivity contribution is -0.122. The van der Waals surface area contributed by atoms with E-state index >= 15 is 0 Å². The third-order valence-electron chi connectivity index (χ3n) is 2.07. The van der Waals surface area contributed by atoms with Crippen molar-refractivity contribution >= 4 is 22.5 Å². The van der Waals surface area contributed by atoms with Gasteiger partial charge in [-0.3, -0.25) is 5.32 Å². The smallest absolute Gasteiger partial charge is 0.329 e. The van der Waals surface area contributed by atoms with Gasteiger partial charge in [-0.15, -0.1) is 11.3 Å². The van der Waals surface area contributed by atoms with Crippen molar-refractivity contribution in [3.63, 3.8) is 0 Å². The molecular weight excluding hydrogens is 269 g/mol. The second-order valence-corrected chi connectivity index (χ2v) is 4.37. The first-order valence-corrected chi connectivity index (χ1v) is 5.94. The van der Waals surface area contributed by atoms with Crippen LogP contribution in [0, 0.1) is 0 Å². The van der Waals surface area contributed by atoms with Gasteiger partial charge >= 0.3 is 12.2 Å². The van der Waals surface area contributed by atoms with Gasteiger partial charge in [0, 0.05) is 11.4 Å². The van der Waals surface area contributed by atoms with Crippen LogP contribution in [-0.2, 0) is 0 Å². The summed E-state index contributed by atoms with van der Waals surface area (Å²) >= 11 is 1.15. The van der Waals surface area contributed by atoms with Gasteiger partial charge in [0.15, 0.2) is 5.13 Å². The van der Waals surface area contributed by atoms with Crippen molar-refractivity contribution in [2.24, 2.45) is 0 Å². The average molecular weight is 282 g/mol. The number of amides is 2. The third kappa shape index (κ3) is 4.88. The molecule has 0 aliphatic carbocycles. The maximum Gasteiger partial charge on any atom is 0.405 e. The fraction of sp³-hybridized carbons (Fsp3) is 0.556. The van der Waals surface area contributed by atoms with Crippen molar-refractivity contribution in [2.45, 2.75) is 19.1 Å². The number of carbonyl (C=O) groups excluding carboxylic acids is 1. The van der Waals surface area contributed by atoms with E-state index < -0.39 is 18.8 Å². The molecular formula is C9H13F3N4OS. The molecule has 0 saturated heterocycles. The molecule has 0 aliphatic heterocycles. The van der Waals surface area contributed by atoms with Crippen LogP contribution < -0.4 is 16.0 Å². The highest BCUT2D eigenvalue weighted by Crippen LogP contribution is 2.20. The van der Waals surface area contributed by atoms with E-state index in [1.165, 1.54) is 0 Å². The number of nitrogens with zero attached hydrogens (tertiary/aromatic N) is 1. The molecule has 1 heterocycles. The highest BCUT2D eigenvalue weighted by Gasteiger charge is 2.27. The molecule has 1 atom stereocenters. The molecule has 18 heavy (non-hydrogen) atoms. The maximum absolute atomic E-state index is 11.8. The summed E-state index contributed by atoms with van der Waals surface area (Å²) in [5.74, 6) is 0. The Bertz CT molecular complexity index is 407. The van der Waals surface area contributed by atoms with E-state index in [9.17, 15) is 18.0 Å². The first kappa shape index (κ1) is 14.7. The number of carbonyl (C=O) groups is 1. The first-order valence-electron chi connectivity index (χ1n) is 5.06. The predicted octanol–water partition coefficient (Wildman–Crippen LogP) is 2.11. The molecule has 102 valence electrons. The Labute approximate surface area is 106 Å². The molecule has 9 heteroatoms. The molecule has 0 fully saturated rings. The molecule has 2 amide bonds. The normalized spacial score (nSPS) is 13.2. The van der Waals surface area contributed by atoms with Crippen LogP contribution in [0.5, 0.6) is 0 Å². The Morgan fingerprint density at radius 3 is 2.78 bits per heavy atom. The van der Waals surface area contributed by atoms with Gasteiger partial charge in [-0.05, 0) is 14.0 Å². The van der Waals surface area contributed by atoms with E-state index in [1.807, 2.05) is 6.92 Å². The van der Waals surface area contributed by atoms with E-state index in [0.717, 1.165) is 11.3 Å². The highest BCUT2D eigenvalue weighted by atomic mass is 32.1. The van der Waals surface area contributed by atoms with Crippen LogP contribution in [0.3, 0.4) is 0 Å². The lowest BCUT2D eigenvalue weighted by Gasteiger charge is -2.08. The van der Waals surface area contributed by atoms with Crippen LogP contribution in [0.2, 0.25) is 0 Å². The van der Waals surface area contributed by atoms with Crippen LogP contribution in [0.4, 0.5) is 23.1 Å². The summed E-state index contributed by atoms with van der Waals surface area (Å²) in [6.07, 6.45) is -4.42. The minimum absolute atomic E-state index is 0.00929. The van der Waals surface area contributed by atoms with Crippen molar-refractivity contribution in [3.8, 4) is 0 Å². The number of hydrogen-bond donors (Lipinski definition) is 3. The van der Waals surface area contributed by atoms with Gasteiger partial charge in [0.2, 0.25) is 0 Å². The Hall–Kier alpha value is -1.35. The summed E-state index contributed by atoms with van der Waals surface area (Å²) < 4.78 is 35.5. The predicted molar refractivity (Wildman–Crippen MR) is 62.7 cm³/mol. The van der Waals surface area contributed by atoms with Gasteiger partial charge < -0.3 is 10.6 Å². The zero-order chi connectivity index (χ0) is 13.8. The number of anilines is 1. The second kappa shape index (κ2) is 6.01. The molecule has 0 saturated carbocycles. The molecule has 3 N–H and O–H groups in total. The highest BCUT2D eigenvalue weighted by molar-refractivity contribution is 7.13. The minimum atomic E-state index is -4.42. The zero-order valence-corrected chi connectivity index (χ0v) is 10.6. The topological polar surface area (TPSA) is 66.0 Å². The number of aromatic nitrogens is 1. The fourth-order valence-corrected chi connectivity index (χ4v) is 1.81. The van der Waals surface area contributed by atoms with E-state index in [1.54, 1.807) is 17.7 Å². The lowest BCUT2D eigenvalue weighted by atomic mass is 10.3. The van der Waals surface area contributed by atoms with Crippen molar-refractivity contribution in [2.75, 3.05) is 18.9 Å². The summed E-state index contributed by atoms with van der Waals surface area (Å²) in [6.45, 7) is 0.506. The van der Waals surface area contributed by atoms with Crippen molar-refractivity contribution in [1.82, 2.24) is 15.6 Å². The Morgan fingerprint density at radius 1 is 1.56 bits per heavy atom. The fourth-order valence-electron chi connectivity index (χ4n) is 1.01. The maximum atomic E-state index is 11.8. The molecule has 0 aliphatic rings. The molecule has 1 unspecified atom stereocenters. The summed E-state index contributed by atoms with van der Waals surface area (Å²) in [6, 6.07) is -0.916. The summed E-state index contributed by atoms with van der Waals surface area (Å²) in [5.41, 5.74) is 0.716. The second-order valence-electron chi connectivity index (χ2n) is 3.51. The Morgan fingerprint density at radius 2 is 2.22 bits per heavy atom. The third-order valence-corrected chi connectivity index (χ3v) is 2.84. The summed E-state index contributed by atoms with van der Waals surface area (Å²) in [4.78, 5) is 15.2. The van der Waals surface area contributed by atoms with Gasteiger partial charge in [-0.1, -0.05) is 0 Å². The number of thiazole rings is 1. The number of urea groups is 1. The monoisotopic (exact) mass is 282 g/mol. The number of nitrogens with one attached hydrogen (secondary N) is 3. The van der Waals surface area contributed by atoms with E-state index in [4.69, 9.17) is 0 Å². The van der Waals surface area contributed by atoms with Crippen LogP contribution in [0.15, 0.2) is 5.38 Å². The van der Waals surface area contributed by atoms with Crippen molar-refractivity contribution < 1.29 is 18.0 Å². The lowest BCUT2D eigenvalue weighted by Crippen LogP contribution is -2.36. The van der Waals surface area contributed by atoms with Crippen LogP contribution in [0.25, 0.3) is 0 Å². The van der Waals surface area contributed by atoms with Gasteiger partial charge in [-0.25, -0.2) is 9.78 Å². The van der Waals surface area contributed by atoms with Gasteiger partial charge in [-0.2, -0.15) is 13.2 Å². The molecule has 0 aromatic carbocycles. The molecule has 0 radical (unpaired) electrons. The summed E-state index contributed by atoms with van der Waals surface area (Å²) in [7, 11) is 1.76. The summed E-state index contributed by atoms with van der Waals surface area (Å²) in [5, 5.41) is 8.88. The zero-order valence-electron chi connectivity index (χ0n) is 9.76. The van der Waals surface area contributed by atoms with Crippen molar-refractivity contribution in [3.05, 3.63) is 11.1 Å². The van der Waals surface area contributed by atoms with Crippen molar-refractivity contribution in [1.29, 1.82) is 0 Å². The number of alkyl halides is 3. The molecule has 1 aromatic rings. The SMILES string of the molecule is CNC(C)c1csc(NC(=O)NCC(F)(F)F)n1. The van der Waals surface area contributed by atoms with Gasteiger partial charge in [0.25, 0.3) is 0 Å². The van der Waals surface area contributed by atoms with Crippen LogP contribution >= 0.6 is 11.3 Å². The number of hydrogen-bond acceptors (Lipinski definition) is 4. The number of halogens is 3. The van der Waals surface area contributed by atoms with E-state index in [0.29, 0.717) is 5.69 Å². The van der Waals surface area contributed by atoms with Gasteiger partial charge in [0.1, 0.15) is 6.54 Å². The van der Waals surface area contributed by atoms with Gasteiger partial charge in [0.05, 0.1) is 5.69 Å². The first-order chi connectivity index (χ1) is 8.31. The standard InChI is InChI=1S/C9H13F3N4OS/c1-5(13-2)6-3-18-8(15-6)16-7(17)14-4-9(10,11)12/h3,5,13H,4H2,1-2H3,(H2,14,15,16,17). The number of rotatable bonds is 4. The Kier molecular flexibility index (Phi) is 4.91.